The smallest absolute Gasteiger partial charge is 0.229 e. The Morgan fingerprint density at radius 1 is 1.03 bits per heavy atom. The summed E-state index contributed by atoms with van der Waals surface area (Å²) >= 11 is 0. The van der Waals surface area contributed by atoms with Gasteiger partial charge < -0.3 is 34.6 Å². The second-order valence-electron chi connectivity index (χ2n) is 7.73. The average Bonchev–Trinajstić information content (AvgIpc) is 2.76. The monoisotopic (exact) mass is 436 g/mol. The summed E-state index contributed by atoms with van der Waals surface area (Å²) in [6.07, 6.45) is -7.40. The van der Waals surface area contributed by atoms with Crippen LogP contribution in [-0.2, 0) is 17.6 Å². The van der Waals surface area contributed by atoms with E-state index in [2.05, 4.69) is 0 Å². The molecule has 0 saturated carbocycles. The number of benzene rings is 2. The Labute approximate surface area is 180 Å². The number of aliphatic hydroxyl groups excluding tert-OH is 4. The Hall–Kier alpha value is -2.23. The third-order valence-electron chi connectivity index (χ3n) is 5.50. The number of hydrogen-bond acceptors (Lipinski definition) is 7. The highest BCUT2D eigenvalue weighted by Gasteiger charge is 2.46. The number of aryl methyl sites for hydroxylation is 1. The number of methoxy groups -OCH3 is 1. The molecule has 0 radical (unpaired) electrons. The maximum atomic E-state index is 14.9. The van der Waals surface area contributed by atoms with Crippen molar-refractivity contribution in [2.75, 3.05) is 7.11 Å². The van der Waals surface area contributed by atoms with Gasteiger partial charge in [-0.1, -0.05) is 31.2 Å². The summed E-state index contributed by atoms with van der Waals surface area (Å²) in [4.78, 5) is 0. The maximum absolute atomic E-state index is 14.9. The van der Waals surface area contributed by atoms with Crippen LogP contribution in [0.2, 0.25) is 0 Å². The van der Waals surface area contributed by atoms with E-state index in [1.54, 1.807) is 0 Å². The highest BCUT2D eigenvalue weighted by Crippen LogP contribution is 2.33. The van der Waals surface area contributed by atoms with Crippen LogP contribution < -0.4 is 9.47 Å². The molecule has 3 rings (SSSR count). The standard InChI is InChI=1S/C23H29FO7/c1-4-13-5-7-14(8-6-13)9-16-17(24)10-15(29-3)11-18(16)30-23-21(28)19(26)20(27)22(31-23)12(2)25/h5-8,10-12,19-23,25-28H,4,9H2,1-3H3/t12-,19+,20+,21-,22?,23-/m1/s1. The molecule has 7 nitrogen and oxygen atoms in total. The van der Waals surface area contributed by atoms with E-state index < -0.39 is 42.6 Å². The van der Waals surface area contributed by atoms with Crippen LogP contribution in [0.25, 0.3) is 0 Å². The molecule has 4 N–H and O–H groups in total. The van der Waals surface area contributed by atoms with E-state index in [0.29, 0.717) is 0 Å². The molecule has 1 aliphatic rings. The Morgan fingerprint density at radius 2 is 1.68 bits per heavy atom. The lowest BCUT2D eigenvalue weighted by Gasteiger charge is -2.41. The molecule has 2 aromatic carbocycles. The fourth-order valence-corrected chi connectivity index (χ4v) is 3.57. The number of rotatable bonds is 7. The van der Waals surface area contributed by atoms with Crippen LogP contribution in [0.5, 0.6) is 11.5 Å². The second kappa shape index (κ2) is 9.93. The van der Waals surface area contributed by atoms with Crippen molar-refractivity contribution >= 4 is 0 Å². The highest BCUT2D eigenvalue weighted by molar-refractivity contribution is 5.44. The summed E-state index contributed by atoms with van der Waals surface area (Å²) in [7, 11) is 1.39. The fourth-order valence-electron chi connectivity index (χ4n) is 3.57. The first-order valence-electron chi connectivity index (χ1n) is 10.2. The van der Waals surface area contributed by atoms with Crippen molar-refractivity contribution < 1.29 is 39.0 Å². The zero-order valence-corrected chi connectivity index (χ0v) is 17.7. The number of ether oxygens (including phenoxy) is 3. The molecule has 6 atom stereocenters. The minimum atomic E-state index is -1.61. The summed E-state index contributed by atoms with van der Waals surface area (Å²) in [5.74, 6) is -0.296. The normalized spacial score (nSPS) is 27.0. The fraction of sp³-hybridized carbons (Fsp3) is 0.478. The molecule has 8 heteroatoms. The van der Waals surface area contributed by atoms with E-state index >= 15 is 0 Å². The first kappa shape index (κ1) is 23.4. The van der Waals surface area contributed by atoms with E-state index in [1.807, 2.05) is 31.2 Å². The van der Waals surface area contributed by atoms with Crippen LogP contribution in [0.1, 0.15) is 30.5 Å². The van der Waals surface area contributed by atoms with Crippen molar-refractivity contribution in [1.82, 2.24) is 0 Å². The first-order valence-corrected chi connectivity index (χ1v) is 10.2. The third kappa shape index (κ3) is 5.16. The van der Waals surface area contributed by atoms with E-state index in [-0.39, 0.29) is 23.5 Å². The van der Waals surface area contributed by atoms with Gasteiger partial charge in [-0.2, -0.15) is 0 Å². The van der Waals surface area contributed by atoms with Crippen LogP contribution in [-0.4, -0.2) is 64.3 Å². The van der Waals surface area contributed by atoms with Gasteiger partial charge >= 0.3 is 0 Å². The molecule has 0 bridgehead atoms. The van der Waals surface area contributed by atoms with Crippen LogP contribution in [0.3, 0.4) is 0 Å². The molecule has 1 unspecified atom stereocenters. The van der Waals surface area contributed by atoms with Gasteiger partial charge in [-0.25, -0.2) is 4.39 Å². The maximum Gasteiger partial charge on any atom is 0.229 e. The van der Waals surface area contributed by atoms with Gasteiger partial charge in [0.05, 0.1) is 13.2 Å². The Kier molecular flexibility index (Phi) is 7.51. The van der Waals surface area contributed by atoms with Crippen molar-refractivity contribution in [2.24, 2.45) is 0 Å². The van der Waals surface area contributed by atoms with Gasteiger partial charge in [-0.05, 0) is 24.5 Å². The average molecular weight is 436 g/mol. The Bertz CT molecular complexity index is 871. The summed E-state index contributed by atoms with van der Waals surface area (Å²) in [6.45, 7) is 3.43. The minimum Gasteiger partial charge on any atom is -0.497 e. The summed E-state index contributed by atoms with van der Waals surface area (Å²) < 4.78 is 31.3. The number of hydrogen-bond donors (Lipinski definition) is 4. The largest absolute Gasteiger partial charge is 0.497 e. The van der Waals surface area contributed by atoms with Gasteiger partial charge in [0, 0.05) is 24.1 Å². The van der Waals surface area contributed by atoms with Crippen LogP contribution >= 0.6 is 0 Å². The van der Waals surface area contributed by atoms with Gasteiger partial charge in [0.2, 0.25) is 6.29 Å². The van der Waals surface area contributed by atoms with E-state index in [1.165, 1.54) is 26.2 Å². The molecule has 1 fully saturated rings. The van der Waals surface area contributed by atoms with E-state index in [0.717, 1.165) is 17.5 Å². The third-order valence-corrected chi connectivity index (χ3v) is 5.50. The van der Waals surface area contributed by atoms with Gasteiger partial charge in [0.15, 0.2) is 0 Å². The number of halogens is 1. The minimum absolute atomic E-state index is 0.0633. The lowest BCUT2D eigenvalue weighted by atomic mass is 9.96. The molecule has 0 amide bonds. The molecule has 0 aliphatic carbocycles. The zero-order chi connectivity index (χ0) is 22.7. The highest BCUT2D eigenvalue weighted by atomic mass is 19.1. The van der Waals surface area contributed by atoms with Crippen molar-refractivity contribution in [2.45, 2.75) is 63.5 Å². The topological polar surface area (TPSA) is 109 Å². The zero-order valence-electron chi connectivity index (χ0n) is 17.7. The lowest BCUT2D eigenvalue weighted by Crippen LogP contribution is -2.61. The molecule has 31 heavy (non-hydrogen) atoms. The quantitative estimate of drug-likeness (QED) is 0.522. The molecular weight excluding hydrogens is 407 g/mol. The predicted octanol–water partition coefficient (Wildman–Crippen LogP) is 1.55. The summed E-state index contributed by atoms with van der Waals surface area (Å²) in [6, 6.07) is 10.4. The van der Waals surface area contributed by atoms with Crippen molar-refractivity contribution in [3.05, 3.63) is 58.9 Å². The van der Waals surface area contributed by atoms with Gasteiger partial charge in [0.25, 0.3) is 0 Å². The van der Waals surface area contributed by atoms with Gasteiger partial charge in [0.1, 0.15) is 41.7 Å². The molecule has 170 valence electrons. The number of aliphatic hydroxyl groups is 4. The Balaban J connectivity index is 1.92. The Morgan fingerprint density at radius 3 is 2.26 bits per heavy atom. The van der Waals surface area contributed by atoms with Crippen molar-refractivity contribution in [3.8, 4) is 11.5 Å². The van der Waals surface area contributed by atoms with Gasteiger partial charge in [-0.3, -0.25) is 0 Å². The molecule has 1 heterocycles. The SMILES string of the molecule is CCc1ccc(Cc2c(F)cc(OC)cc2O[C@@H]2OC([C@@H](C)O)[C@@H](O)[C@H](O)[C@H]2O)cc1. The molecule has 0 spiro atoms. The molecule has 1 aliphatic heterocycles. The summed E-state index contributed by atoms with van der Waals surface area (Å²) in [5, 5.41) is 40.4. The van der Waals surface area contributed by atoms with Crippen molar-refractivity contribution in [1.29, 1.82) is 0 Å². The molecular formula is C23H29FO7. The lowest BCUT2D eigenvalue weighted by molar-refractivity contribution is -0.286. The van der Waals surface area contributed by atoms with Crippen LogP contribution in [0, 0.1) is 5.82 Å². The van der Waals surface area contributed by atoms with Crippen LogP contribution in [0.15, 0.2) is 36.4 Å². The van der Waals surface area contributed by atoms with E-state index in [9.17, 15) is 24.8 Å². The second-order valence-corrected chi connectivity index (χ2v) is 7.73. The molecule has 2 aromatic rings. The molecule has 1 saturated heterocycles. The predicted molar refractivity (Wildman–Crippen MR) is 111 cm³/mol. The molecule has 0 aromatic heterocycles. The van der Waals surface area contributed by atoms with E-state index in [4.69, 9.17) is 14.2 Å². The summed E-state index contributed by atoms with van der Waals surface area (Å²) in [5.41, 5.74) is 2.23. The van der Waals surface area contributed by atoms with Crippen LogP contribution in [0.4, 0.5) is 4.39 Å². The van der Waals surface area contributed by atoms with Crippen molar-refractivity contribution in [3.63, 3.8) is 0 Å². The van der Waals surface area contributed by atoms with Gasteiger partial charge in [-0.15, -0.1) is 0 Å². The first-order chi connectivity index (χ1) is 14.7.